The average Bonchev–Trinajstić information content (AvgIpc) is 2.71. The van der Waals surface area contributed by atoms with Crippen LogP contribution in [0, 0.1) is 11.6 Å². The summed E-state index contributed by atoms with van der Waals surface area (Å²) in [5.41, 5.74) is 9.72. The molecule has 0 spiro atoms. The molecule has 0 bridgehead atoms. The first-order valence-electron chi connectivity index (χ1n) is 9.78. The molecule has 0 heterocycles. The number of carboxylic acids is 4. The van der Waals surface area contributed by atoms with E-state index in [1.165, 1.54) is 24.3 Å². The molecule has 0 amide bonds. The first kappa shape index (κ1) is 43.6. The van der Waals surface area contributed by atoms with Gasteiger partial charge in [-0.15, -0.1) is 0 Å². The van der Waals surface area contributed by atoms with E-state index in [-0.39, 0.29) is 39.7 Å². The van der Waals surface area contributed by atoms with E-state index in [1.54, 1.807) is 24.3 Å². The van der Waals surface area contributed by atoms with Gasteiger partial charge in [0.2, 0.25) is 0 Å². The summed E-state index contributed by atoms with van der Waals surface area (Å²) in [7, 11) is 0. The first-order chi connectivity index (χ1) is 15.9. The number of benzene rings is 2. The van der Waals surface area contributed by atoms with Crippen molar-refractivity contribution in [3.8, 4) is 0 Å². The number of quaternary nitrogens is 2. The molecule has 2 aromatic rings. The Morgan fingerprint density at radius 3 is 0.919 bits per heavy atom. The van der Waals surface area contributed by atoms with Crippen molar-refractivity contribution in [1.29, 1.82) is 0 Å². The topological polar surface area (TPSA) is 279 Å². The maximum absolute atomic E-state index is 12.3. The van der Waals surface area contributed by atoms with Crippen molar-refractivity contribution in [3.63, 3.8) is 0 Å². The number of carboxylic acid groups (broad SMARTS) is 4. The predicted octanol–water partition coefficient (Wildman–Crippen LogP) is -6.68. The SMILES string of the molecule is O.O.O=C([O-])CC(=O)[O-].O=C([O-])CC(=O)[O-].[Cu+2].[NH3+]CCc1ccc(F)cc1.[NH3+]CCc1ccc(F)cc1. The molecule has 0 atom stereocenters. The van der Waals surface area contributed by atoms with E-state index in [0.29, 0.717) is 0 Å². The van der Waals surface area contributed by atoms with E-state index in [2.05, 4.69) is 11.5 Å². The molecule has 10 N–H and O–H groups in total. The van der Waals surface area contributed by atoms with Gasteiger partial charge >= 0.3 is 17.1 Å². The van der Waals surface area contributed by atoms with Crippen LogP contribution in [0.1, 0.15) is 24.0 Å². The summed E-state index contributed by atoms with van der Waals surface area (Å²) in [6.07, 6.45) is -0.194. The van der Waals surface area contributed by atoms with E-state index >= 15 is 0 Å². The summed E-state index contributed by atoms with van der Waals surface area (Å²) in [6, 6.07) is 13.1. The number of halogens is 2. The molecule has 15 heteroatoms. The molecule has 37 heavy (non-hydrogen) atoms. The van der Waals surface area contributed by atoms with E-state index in [0.717, 1.165) is 37.1 Å². The first-order valence-corrected chi connectivity index (χ1v) is 9.78. The molecule has 0 unspecified atom stereocenters. The summed E-state index contributed by atoms with van der Waals surface area (Å²) in [4.78, 5) is 37.1. The third-order valence-corrected chi connectivity index (χ3v) is 3.33. The second-order valence-corrected chi connectivity index (χ2v) is 6.30. The summed E-state index contributed by atoms with van der Waals surface area (Å²) in [6.45, 7) is 1.73. The zero-order chi connectivity index (χ0) is 26.5. The molecule has 0 saturated heterocycles. The average molecular weight is 584 g/mol. The fourth-order valence-electron chi connectivity index (χ4n) is 1.95. The Bertz CT molecular complexity index is 789. The number of hydrogen-bond donors (Lipinski definition) is 2. The molecule has 213 valence electrons. The van der Waals surface area contributed by atoms with Crippen molar-refractivity contribution < 1.29 is 87.9 Å². The summed E-state index contributed by atoms with van der Waals surface area (Å²) >= 11 is 0. The molecule has 0 aliphatic heterocycles. The molecule has 2 aromatic carbocycles. The second-order valence-electron chi connectivity index (χ2n) is 6.30. The van der Waals surface area contributed by atoms with Gasteiger partial charge in [-0.25, -0.2) is 8.78 Å². The van der Waals surface area contributed by atoms with Crippen molar-refractivity contribution >= 4 is 23.9 Å². The van der Waals surface area contributed by atoms with Gasteiger partial charge in [0.25, 0.3) is 0 Å². The molecule has 0 aliphatic rings. The van der Waals surface area contributed by atoms with Crippen LogP contribution in [0.3, 0.4) is 0 Å². The van der Waals surface area contributed by atoms with Crippen LogP contribution in [-0.2, 0) is 49.1 Å². The van der Waals surface area contributed by atoms with Crippen LogP contribution >= 0.6 is 0 Å². The Balaban J connectivity index is -0.000000122. The largest absolute Gasteiger partial charge is 2.00 e. The van der Waals surface area contributed by atoms with Gasteiger partial charge in [-0.2, -0.15) is 0 Å². The van der Waals surface area contributed by atoms with Gasteiger partial charge in [0.1, 0.15) is 11.6 Å². The fraction of sp³-hybridized carbons (Fsp3) is 0.273. The Labute approximate surface area is 222 Å². The standard InChI is InChI=1S/2C8H10FN.2C3H4O4.Cu.2H2O/c2*9-8-3-1-7(2-4-8)5-6-10;2*4-2(5)1-3(6)7;;;/h2*1-4H,5-6,10H2;2*1H2,(H,4,5)(H,6,7);;2*1H2/q;;;;+2;;/p-2. The molecule has 0 saturated carbocycles. The fourth-order valence-corrected chi connectivity index (χ4v) is 1.95. The van der Waals surface area contributed by atoms with Gasteiger partial charge in [-0.05, 0) is 35.4 Å². The van der Waals surface area contributed by atoms with Crippen LogP contribution in [0.15, 0.2) is 48.5 Å². The number of carbonyl (C=O) groups is 4. The monoisotopic (exact) mass is 583 g/mol. The van der Waals surface area contributed by atoms with E-state index in [9.17, 15) is 48.4 Å². The van der Waals surface area contributed by atoms with Crippen molar-refractivity contribution in [2.45, 2.75) is 25.7 Å². The Morgan fingerprint density at radius 2 is 0.784 bits per heavy atom. The predicted molar refractivity (Wildman–Crippen MR) is 112 cm³/mol. The van der Waals surface area contributed by atoms with Gasteiger partial charge in [-0.3, -0.25) is 0 Å². The molecule has 12 nitrogen and oxygen atoms in total. The smallest absolute Gasteiger partial charge is 0.550 e. The zero-order valence-electron chi connectivity index (χ0n) is 19.6. The van der Waals surface area contributed by atoms with Gasteiger partial charge in [-0.1, -0.05) is 24.3 Å². The number of carbonyl (C=O) groups excluding carboxylic acids is 4. The molecule has 0 aromatic heterocycles. The Morgan fingerprint density at radius 1 is 0.568 bits per heavy atom. The summed E-state index contributed by atoms with van der Waals surface area (Å²) in [5.74, 6) is -6.85. The Kier molecular flexibility index (Phi) is 32.0. The maximum Gasteiger partial charge on any atom is 2.00 e. The minimum Gasteiger partial charge on any atom is -0.550 e. The van der Waals surface area contributed by atoms with Crippen molar-refractivity contribution in [2.75, 3.05) is 13.1 Å². The van der Waals surface area contributed by atoms with E-state index in [4.69, 9.17) is 0 Å². The zero-order valence-corrected chi connectivity index (χ0v) is 20.5. The van der Waals surface area contributed by atoms with E-state index in [1.807, 2.05) is 0 Å². The third-order valence-electron chi connectivity index (χ3n) is 3.33. The van der Waals surface area contributed by atoms with Crippen molar-refractivity contribution in [2.24, 2.45) is 0 Å². The molecular formula is C22H30CuF2N2O10. The molecule has 0 fully saturated rings. The Hall–Kier alpha value is -3.46. The minimum atomic E-state index is -1.63. The van der Waals surface area contributed by atoms with Gasteiger partial charge < -0.3 is 62.0 Å². The van der Waals surface area contributed by atoms with E-state index < -0.39 is 36.7 Å². The number of hydrogen-bond acceptors (Lipinski definition) is 8. The molecule has 1 radical (unpaired) electrons. The van der Waals surface area contributed by atoms with Crippen LogP contribution in [0.4, 0.5) is 8.78 Å². The van der Waals surface area contributed by atoms with Crippen LogP contribution < -0.4 is 31.9 Å². The molecular weight excluding hydrogens is 554 g/mol. The summed E-state index contributed by atoms with van der Waals surface area (Å²) < 4.78 is 24.6. The van der Waals surface area contributed by atoms with Crippen LogP contribution in [0.5, 0.6) is 0 Å². The molecule has 0 aliphatic carbocycles. The van der Waals surface area contributed by atoms with Crippen molar-refractivity contribution in [1.82, 2.24) is 0 Å². The molecule has 2 rings (SSSR count). The van der Waals surface area contributed by atoms with Gasteiger partial charge in [0.05, 0.1) is 13.1 Å². The van der Waals surface area contributed by atoms with Crippen LogP contribution in [0.25, 0.3) is 0 Å². The maximum atomic E-state index is 12.3. The van der Waals surface area contributed by atoms with Crippen molar-refractivity contribution in [3.05, 3.63) is 71.3 Å². The summed E-state index contributed by atoms with van der Waals surface area (Å²) in [5, 5.41) is 37.1. The van der Waals surface area contributed by atoms with Crippen LogP contribution in [-0.4, -0.2) is 47.9 Å². The number of rotatable bonds is 8. The normalized spacial score (nSPS) is 8.32. The minimum absolute atomic E-state index is 0. The number of aliphatic carboxylic acids is 4. The quantitative estimate of drug-likeness (QED) is 0.222. The van der Waals surface area contributed by atoms with Gasteiger partial charge in [0, 0.05) is 49.6 Å². The second kappa shape index (κ2) is 27.1. The van der Waals surface area contributed by atoms with Crippen LogP contribution in [0.2, 0.25) is 0 Å². The third kappa shape index (κ3) is 32.5. The van der Waals surface area contributed by atoms with Gasteiger partial charge in [0.15, 0.2) is 0 Å².